The molecule has 0 atom stereocenters. The van der Waals surface area contributed by atoms with Crippen LogP contribution in [0.3, 0.4) is 0 Å². The van der Waals surface area contributed by atoms with Crippen molar-refractivity contribution in [3.63, 3.8) is 0 Å². The maximum absolute atomic E-state index is 6.01. The number of aromatic nitrogens is 5. The Balaban J connectivity index is 1.61. The van der Waals surface area contributed by atoms with Gasteiger partial charge < -0.3 is 15.8 Å². The molecule has 4 heterocycles. The Bertz CT molecular complexity index is 887. The van der Waals surface area contributed by atoms with Crippen molar-refractivity contribution in [3.8, 4) is 5.88 Å². The number of nitrogens with two attached hydrogens (primary N) is 1. The fourth-order valence-corrected chi connectivity index (χ4v) is 3.23. The van der Waals surface area contributed by atoms with Crippen LogP contribution in [0.15, 0.2) is 31.0 Å². The molecule has 0 aromatic carbocycles. The zero-order valence-electron chi connectivity index (χ0n) is 14.7. The Morgan fingerprint density at radius 2 is 2.08 bits per heavy atom. The lowest BCUT2D eigenvalue weighted by Gasteiger charge is -2.29. The van der Waals surface area contributed by atoms with E-state index in [1.165, 1.54) is 18.2 Å². The fraction of sp³-hybridized carbons (Fsp3) is 0.412. The van der Waals surface area contributed by atoms with Gasteiger partial charge in [-0.05, 0) is 37.6 Å². The molecule has 3 aromatic heterocycles. The van der Waals surface area contributed by atoms with Gasteiger partial charge in [-0.3, -0.25) is 4.90 Å². The van der Waals surface area contributed by atoms with Crippen molar-refractivity contribution in [3.05, 3.63) is 36.5 Å². The van der Waals surface area contributed by atoms with E-state index in [1.807, 2.05) is 10.7 Å². The number of rotatable bonds is 5. The predicted molar refractivity (Wildman–Crippen MR) is 97.3 cm³/mol. The van der Waals surface area contributed by atoms with Crippen LogP contribution in [-0.2, 0) is 6.54 Å². The fourth-order valence-electron chi connectivity index (χ4n) is 3.23. The Hall–Kier alpha value is -2.78. The van der Waals surface area contributed by atoms with Gasteiger partial charge in [0.15, 0.2) is 5.82 Å². The Morgan fingerprint density at radius 3 is 2.88 bits per heavy atom. The second kappa shape index (κ2) is 7.22. The SMILES string of the molecule is COc1cc(Nc2ncnn3ccc(CN4CCC(N)CC4)c23)ncn1. The number of fused-ring (bicyclic) bond motifs is 1. The third-order valence-electron chi connectivity index (χ3n) is 4.66. The Morgan fingerprint density at radius 1 is 1.23 bits per heavy atom. The first-order chi connectivity index (χ1) is 12.7. The van der Waals surface area contributed by atoms with Gasteiger partial charge in [0.2, 0.25) is 5.88 Å². The van der Waals surface area contributed by atoms with Crippen LogP contribution in [0.4, 0.5) is 11.6 Å². The summed E-state index contributed by atoms with van der Waals surface area (Å²) in [6, 6.07) is 4.14. The van der Waals surface area contributed by atoms with E-state index in [4.69, 9.17) is 10.5 Å². The zero-order chi connectivity index (χ0) is 17.9. The van der Waals surface area contributed by atoms with Gasteiger partial charge in [0.25, 0.3) is 0 Å². The van der Waals surface area contributed by atoms with E-state index in [0.717, 1.165) is 38.0 Å². The number of ether oxygens (including phenoxy) is 1. The quantitative estimate of drug-likeness (QED) is 0.704. The molecule has 136 valence electrons. The summed E-state index contributed by atoms with van der Waals surface area (Å²) in [5, 5.41) is 7.56. The van der Waals surface area contributed by atoms with Crippen LogP contribution < -0.4 is 15.8 Å². The van der Waals surface area contributed by atoms with Crippen molar-refractivity contribution in [1.29, 1.82) is 0 Å². The van der Waals surface area contributed by atoms with Crippen LogP contribution in [0.1, 0.15) is 18.4 Å². The first-order valence-corrected chi connectivity index (χ1v) is 8.65. The van der Waals surface area contributed by atoms with E-state index >= 15 is 0 Å². The maximum atomic E-state index is 6.01. The largest absolute Gasteiger partial charge is 0.481 e. The van der Waals surface area contributed by atoms with Gasteiger partial charge in [0.1, 0.15) is 24.0 Å². The molecule has 0 saturated carbocycles. The monoisotopic (exact) mass is 354 g/mol. The molecule has 1 aliphatic rings. The van der Waals surface area contributed by atoms with Crippen molar-refractivity contribution in [1.82, 2.24) is 29.5 Å². The summed E-state index contributed by atoms with van der Waals surface area (Å²) in [7, 11) is 1.57. The van der Waals surface area contributed by atoms with Gasteiger partial charge in [0.05, 0.1) is 7.11 Å². The van der Waals surface area contributed by atoms with Gasteiger partial charge in [-0.25, -0.2) is 19.5 Å². The molecular formula is C17H22N8O. The number of hydrogen-bond acceptors (Lipinski definition) is 8. The molecule has 0 unspecified atom stereocenters. The second-order valence-electron chi connectivity index (χ2n) is 6.43. The van der Waals surface area contributed by atoms with Crippen LogP contribution in [-0.4, -0.2) is 55.7 Å². The maximum Gasteiger partial charge on any atom is 0.218 e. The van der Waals surface area contributed by atoms with Crippen LogP contribution in [0.25, 0.3) is 5.52 Å². The average molecular weight is 354 g/mol. The first-order valence-electron chi connectivity index (χ1n) is 8.65. The number of methoxy groups -OCH3 is 1. The third kappa shape index (κ3) is 3.44. The van der Waals surface area contributed by atoms with Crippen molar-refractivity contribution in [2.24, 2.45) is 5.73 Å². The molecule has 3 N–H and O–H groups in total. The number of anilines is 2. The van der Waals surface area contributed by atoms with Crippen LogP contribution in [0.2, 0.25) is 0 Å². The lowest BCUT2D eigenvalue weighted by molar-refractivity contribution is 0.206. The highest BCUT2D eigenvalue weighted by atomic mass is 16.5. The van der Waals surface area contributed by atoms with E-state index in [1.54, 1.807) is 13.2 Å². The molecule has 0 spiro atoms. The summed E-state index contributed by atoms with van der Waals surface area (Å²) < 4.78 is 6.98. The second-order valence-corrected chi connectivity index (χ2v) is 6.43. The van der Waals surface area contributed by atoms with Gasteiger partial charge in [-0.15, -0.1) is 0 Å². The van der Waals surface area contributed by atoms with E-state index in [-0.39, 0.29) is 0 Å². The molecular weight excluding hydrogens is 332 g/mol. The molecule has 9 nitrogen and oxygen atoms in total. The summed E-state index contributed by atoms with van der Waals surface area (Å²) in [4.78, 5) is 15.1. The number of piperidine rings is 1. The molecule has 4 rings (SSSR count). The Labute approximate surface area is 151 Å². The summed E-state index contributed by atoms with van der Waals surface area (Å²) in [5.74, 6) is 1.82. The van der Waals surface area contributed by atoms with E-state index in [2.05, 4.69) is 36.3 Å². The summed E-state index contributed by atoms with van der Waals surface area (Å²) >= 11 is 0. The summed E-state index contributed by atoms with van der Waals surface area (Å²) in [6.07, 6.45) is 7.00. The zero-order valence-corrected chi connectivity index (χ0v) is 14.7. The lowest BCUT2D eigenvalue weighted by Crippen LogP contribution is -2.39. The van der Waals surface area contributed by atoms with Crippen LogP contribution in [0.5, 0.6) is 5.88 Å². The molecule has 1 fully saturated rings. The third-order valence-corrected chi connectivity index (χ3v) is 4.66. The number of nitrogens with zero attached hydrogens (tertiary/aromatic N) is 6. The molecule has 0 amide bonds. The molecule has 26 heavy (non-hydrogen) atoms. The molecule has 3 aromatic rings. The normalized spacial score (nSPS) is 16.1. The van der Waals surface area contributed by atoms with Crippen molar-refractivity contribution < 1.29 is 4.74 Å². The highest BCUT2D eigenvalue weighted by Crippen LogP contribution is 2.24. The standard InChI is InChI=1S/C17H22N8O/c1-26-15-8-14(19-10-20-15)23-17-16-12(2-7-25(16)22-11-21-17)9-24-5-3-13(18)4-6-24/h2,7-8,10-11,13H,3-6,9,18H2,1H3,(H,19,20,21,22,23). The summed E-state index contributed by atoms with van der Waals surface area (Å²) in [5.41, 5.74) is 8.13. The highest BCUT2D eigenvalue weighted by molar-refractivity contribution is 5.75. The lowest BCUT2D eigenvalue weighted by atomic mass is 10.1. The minimum Gasteiger partial charge on any atom is -0.481 e. The van der Waals surface area contributed by atoms with Crippen molar-refractivity contribution in [2.45, 2.75) is 25.4 Å². The molecule has 0 bridgehead atoms. The van der Waals surface area contributed by atoms with Crippen LogP contribution >= 0.6 is 0 Å². The minimum atomic E-state index is 0.324. The molecule has 1 saturated heterocycles. The minimum absolute atomic E-state index is 0.324. The number of nitrogens with one attached hydrogen (secondary N) is 1. The highest BCUT2D eigenvalue weighted by Gasteiger charge is 2.19. The summed E-state index contributed by atoms with van der Waals surface area (Å²) in [6.45, 7) is 2.87. The number of hydrogen-bond donors (Lipinski definition) is 2. The molecule has 0 radical (unpaired) electrons. The molecule has 9 heteroatoms. The van der Waals surface area contributed by atoms with Gasteiger partial charge in [-0.2, -0.15) is 5.10 Å². The van der Waals surface area contributed by atoms with Crippen LogP contribution in [0, 0.1) is 0 Å². The van der Waals surface area contributed by atoms with Gasteiger partial charge in [-0.1, -0.05) is 0 Å². The van der Waals surface area contributed by atoms with E-state index in [0.29, 0.717) is 23.6 Å². The predicted octanol–water partition coefficient (Wildman–Crippen LogP) is 1.19. The molecule has 0 aliphatic carbocycles. The molecule has 1 aliphatic heterocycles. The van der Waals surface area contributed by atoms with Gasteiger partial charge >= 0.3 is 0 Å². The van der Waals surface area contributed by atoms with Crippen molar-refractivity contribution in [2.75, 3.05) is 25.5 Å². The van der Waals surface area contributed by atoms with E-state index < -0.39 is 0 Å². The topological polar surface area (TPSA) is 106 Å². The number of likely N-dealkylation sites (tertiary alicyclic amines) is 1. The van der Waals surface area contributed by atoms with Crippen molar-refractivity contribution >= 4 is 17.2 Å². The first kappa shape index (κ1) is 16.7. The average Bonchev–Trinajstić information content (AvgIpc) is 3.08. The van der Waals surface area contributed by atoms with Gasteiger partial charge in [0, 0.05) is 24.8 Å². The smallest absolute Gasteiger partial charge is 0.218 e. The Kier molecular flexibility index (Phi) is 4.63. The van der Waals surface area contributed by atoms with E-state index in [9.17, 15) is 0 Å².